The number of amides is 2. The largest absolute Gasteiger partial charge is 0.490 e. The summed E-state index contributed by atoms with van der Waals surface area (Å²) in [7, 11) is 0. The lowest BCUT2D eigenvalue weighted by atomic mass is 10.1. The number of ether oxygens (including phenoxy) is 2. The highest BCUT2D eigenvalue weighted by atomic mass is 19.4. The molecule has 2 amide bonds. The van der Waals surface area contributed by atoms with Gasteiger partial charge in [-0.05, 0) is 56.4 Å². The first kappa shape index (κ1) is 29.8. The maximum Gasteiger partial charge on any atom is 0.490 e. The van der Waals surface area contributed by atoms with E-state index in [1.54, 1.807) is 6.07 Å². The van der Waals surface area contributed by atoms with Gasteiger partial charge in [0.05, 0.1) is 23.6 Å². The third-order valence-corrected chi connectivity index (χ3v) is 5.96. The molecular formula is C27H32F3N3O6. The van der Waals surface area contributed by atoms with Crippen molar-refractivity contribution in [2.24, 2.45) is 5.92 Å². The molecule has 1 aliphatic heterocycles. The van der Waals surface area contributed by atoms with Crippen molar-refractivity contribution in [3.63, 3.8) is 0 Å². The molecule has 2 aromatic rings. The second kappa shape index (κ2) is 13.3. The Morgan fingerprint density at radius 2 is 1.67 bits per heavy atom. The van der Waals surface area contributed by atoms with E-state index in [1.165, 1.54) is 12.8 Å². The molecule has 1 saturated heterocycles. The third kappa shape index (κ3) is 9.78. The maximum absolute atomic E-state index is 12.6. The summed E-state index contributed by atoms with van der Waals surface area (Å²) in [5, 5.41) is 13.0. The number of halogens is 3. The number of nitrogens with zero attached hydrogens (tertiary/aromatic N) is 1. The molecule has 0 radical (unpaired) electrons. The predicted molar refractivity (Wildman–Crippen MR) is 138 cm³/mol. The summed E-state index contributed by atoms with van der Waals surface area (Å²) in [4.78, 5) is 36.3. The van der Waals surface area contributed by atoms with Gasteiger partial charge in [-0.15, -0.1) is 0 Å². The van der Waals surface area contributed by atoms with Crippen molar-refractivity contribution >= 4 is 29.3 Å². The van der Waals surface area contributed by atoms with E-state index in [2.05, 4.69) is 15.5 Å². The average molecular weight is 552 g/mol. The fourth-order valence-electron chi connectivity index (χ4n) is 3.96. The van der Waals surface area contributed by atoms with Gasteiger partial charge in [0.2, 0.25) is 0 Å². The number of carboxylic acid groups (broad SMARTS) is 1. The highest BCUT2D eigenvalue weighted by molar-refractivity contribution is 5.98. The van der Waals surface area contributed by atoms with E-state index in [0.717, 1.165) is 11.3 Å². The van der Waals surface area contributed by atoms with Gasteiger partial charge in [-0.3, -0.25) is 10.1 Å². The summed E-state index contributed by atoms with van der Waals surface area (Å²) < 4.78 is 43.0. The molecule has 12 heteroatoms. The Balaban J connectivity index is 0.000000532. The zero-order valence-corrected chi connectivity index (χ0v) is 21.7. The molecule has 9 nitrogen and oxygen atoms in total. The Bertz CT molecular complexity index is 1130. The number of carbonyl (C=O) groups excluding carboxylic acids is 2. The van der Waals surface area contributed by atoms with Gasteiger partial charge in [-0.2, -0.15) is 13.2 Å². The summed E-state index contributed by atoms with van der Waals surface area (Å²) in [5.74, 6) is -2.29. The van der Waals surface area contributed by atoms with Crippen LogP contribution in [0.25, 0.3) is 0 Å². The molecule has 3 N–H and O–H groups in total. The van der Waals surface area contributed by atoms with Gasteiger partial charge >= 0.3 is 18.2 Å². The molecule has 1 aliphatic carbocycles. The highest BCUT2D eigenvalue weighted by Gasteiger charge is 2.38. The Hall–Kier alpha value is -3.80. The van der Waals surface area contributed by atoms with Gasteiger partial charge in [0, 0.05) is 25.2 Å². The normalized spacial score (nSPS) is 18.8. The Morgan fingerprint density at radius 1 is 1.05 bits per heavy atom. The molecule has 2 unspecified atom stereocenters. The predicted octanol–water partition coefficient (Wildman–Crippen LogP) is 4.82. The number of nitrogens with one attached hydrogen (secondary N) is 2. The van der Waals surface area contributed by atoms with E-state index in [4.69, 9.17) is 19.4 Å². The minimum atomic E-state index is -5.08. The van der Waals surface area contributed by atoms with Crippen molar-refractivity contribution in [2.45, 2.75) is 51.7 Å². The minimum Gasteiger partial charge on any atom is -0.475 e. The molecule has 1 saturated carbocycles. The number of hydrogen-bond acceptors (Lipinski definition) is 6. The zero-order valence-electron chi connectivity index (χ0n) is 21.7. The van der Waals surface area contributed by atoms with Crippen molar-refractivity contribution in [1.29, 1.82) is 0 Å². The fourth-order valence-corrected chi connectivity index (χ4v) is 3.96. The van der Waals surface area contributed by atoms with Crippen molar-refractivity contribution in [2.75, 3.05) is 29.9 Å². The van der Waals surface area contributed by atoms with Crippen LogP contribution in [-0.4, -0.2) is 61.1 Å². The van der Waals surface area contributed by atoms with Gasteiger partial charge in [-0.25, -0.2) is 9.59 Å². The van der Waals surface area contributed by atoms with Crippen LogP contribution in [0.4, 0.5) is 29.3 Å². The number of alkyl halides is 3. The standard InChI is InChI=1S/C25H31N3O4.C2HF3O2/c1-17-14-28(15-18(2)32-17)23-11-10-21(24(29)26-13-19-8-9-19)12-22(23)27-25(30)31-16-20-6-4-3-5-7-20;3-2(4,5)1(6)7/h3-7,10-12,17-19H,8-9,13-16H2,1-2H3,(H,26,29)(H,27,30);(H,6,7). The molecule has 4 rings (SSSR count). The second-order valence-electron chi connectivity index (χ2n) is 9.54. The molecule has 0 spiro atoms. The van der Waals surface area contributed by atoms with Crippen LogP contribution in [0.5, 0.6) is 0 Å². The molecule has 1 heterocycles. The molecular weight excluding hydrogens is 519 g/mol. The summed E-state index contributed by atoms with van der Waals surface area (Å²) in [6.45, 7) is 6.33. The fraction of sp³-hybridized carbons (Fsp3) is 0.444. The van der Waals surface area contributed by atoms with E-state index < -0.39 is 18.2 Å². The van der Waals surface area contributed by atoms with Crippen molar-refractivity contribution in [3.05, 3.63) is 59.7 Å². The molecule has 2 aliphatic rings. The minimum absolute atomic E-state index is 0.0677. The Kier molecular flexibility index (Phi) is 10.2. The quantitative estimate of drug-likeness (QED) is 0.452. The molecule has 39 heavy (non-hydrogen) atoms. The van der Waals surface area contributed by atoms with Crippen LogP contribution in [0, 0.1) is 5.92 Å². The molecule has 2 atom stereocenters. The number of hydrogen-bond donors (Lipinski definition) is 3. The van der Waals surface area contributed by atoms with Gasteiger partial charge < -0.3 is 24.8 Å². The van der Waals surface area contributed by atoms with E-state index in [1.807, 2.05) is 56.3 Å². The van der Waals surface area contributed by atoms with E-state index in [9.17, 15) is 22.8 Å². The van der Waals surface area contributed by atoms with Crippen LogP contribution in [-0.2, 0) is 20.9 Å². The lowest BCUT2D eigenvalue weighted by Gasteiger charge is -2.37. The number of aliphatic carboxylic acids is 1. The number of anilines is 2. The Labute approximate surface area is 224 Å². The summed E-state index contributed by atoms with van der Waals surface area (Å²) in [6.07, 6.45) is -3.16. The monoisotopic (exact) mass is 551 g/mol. The lowest BCUT2D eigenvalue weighted by molar-refractivity contribution is -0.192. The van der Waals surface area contributed by atoms with Crippen molar-refractivity contribution in [3.8, 4) is 0 Å². The summed E-state index contributed by atoms with van der Waals surface area (Å²) in [6, 6.07) is 15.0. The summed E-state index contributed by atoms with van der Waals surface area (Å²) >= 11 is 0. The first-order valence-electron chi connectivity index (χ1n) is 12.5. The Morgan fingerprint density at radius 3 is 2.23 bits per heavy atom. The summed E-state index contributed by atoms with van der Waals surface area (Å²) in [5.41, 5.74) is 2.83. The molecule has 0 aromatic heterocycles. The van der Waals surface area contributed by atoms with Crippen LogP contribution >= 0.6 is 0 Å². The van der Waals surface area contributed by atoms with E-state index >= 15 is 0 Å². The number of carboxylic acids is 1. The van der Waals surface area contributed by atoms with Gasteiger partial charge in [0.1, 0.15) is 6.61 Å². The first-order chi connectivity index (χ1) is 18.4. The molecule has 2 fully saturated rings. The highest BCUT2D eigenvalue weighted by Crippen LogP contribution is 2.31. The zero-order chi connectivity index (χ0) is 28.6. The first-order valence-corrected chi connectivity index (χ1v) is 12.5. The number of morpholine rings is 1. The molecule has 212 valence electrons. The molecule has 2 aromatic carbocycles. The van der Waals surface area contributed by atoms with Crippen molar-refractivity contribution < 1.29 is 42.1 Å². The third-order valence-electron chi connectivity index (χ3n) is 5.96. The van der Waals surface area contributed by atoms with Crippen LogP contribution in [0.15, 0.2) is 48.5 Å². The molecule has 0 bridgehead atoms. The van der Waals surface area contributed by atoms with Crippen LogP contribution in [0.2, 0.25) is 0 Å². The van der Waals surface area contributed by atoms with Gasteiger partial charge in [0.15, 0.2) is 0 Å². The van der Waals surface area contributed by atoms with Crippen LogP contribution in [0.1, 0.15) is 42.6 Å². The SMILES string of the molecule is CC1CN(c2ccc(C(=O)NCC3CC3)cc2NC(=O)OCc2ccccc2)CC(C)O1.O=C(O)C(F)(F)F. The van der Waals surface area contributed by atoms with Crippen LogP contribution < -0.4 is 15.5 Å². The second-order valence-corrected chi connectivity index (χ2v) is 9.54. The van der Waals surface area contributed by atoms with E-state index in [-0.39, 0.29) is 24.7 Å². The number of benzene rings is 2. The maximum atomic E-state index is 12.6. The average Bonchev–Trinajstić information content (AvgIpc) is 3.70. The van der Waals surface area contributed by atoms with Gasteiger partial charge in [-0.1, -0.05) is 30.3 Å². The number of carbonyl (C=O) groups is 3. The smallest absolute Gasteiger partial charge is 0.475 e. The van der Waals surface area contributed by atoms with E-state index in [0.29, 0.717) is 36.8 Å². The number of rotatable bonds is 7. The topological polar surface area (TPSA) is 117 Å². The van der Waals surface area contributed by atoms with Crippen molar-refractivity contribution in [1.82, 2.24) is 5.32 Å². The van der Waals surface area contributed by atoms with Gasteiger partial charge in [0.25, 0.3) is 5.91 Å². The lowest BCUT2D eigenvalue weighted by Crippen LogP contribution is -2.45. The van der Waals surface area contributed by atoms with Crippen LogP contribution in [0.3, 0.4) is 0 Å².